The van der Waals surface area contributed by atoms with Crippen LogP contribution in [0.25, 0.3) is 5.65 Å². The zero-order valence-electron chi connectivity index (χ0n) is 18.8. The molecule has 2 aliphatic rings. The molecule has 1 amide bonds. The maximum Gasteiger partial charge on any atom is 0.220 e. The van der Waals surface area contributed by atoms with E-state index in [1.165, 1.54) is 0 Å². The van der Waals surface area contributed by atoms with Crippen LogP contribution in [0.1, 0.15) is 66.4 Å². The van der Waals surface area contributed by atoms with Gasteiger partial charge in [-0.25, -0.2) is 9.50 Å². The Bertz CT molecular complexity index is 1150. The second-order valence-corrected chi connectivity index (χ2v) is 9.20. The molecule has 2 fully saturated rings. The zero-order valence-corrected chi connectivity index (χ0v) is 18.8. The lowest BCUT2D eigenvalue weighted by Crippen LogP contribution is -2.25. The minimum atomic E-state index is 0.123. The lowest BCUT2D eigenvalue weighted by Gasteiger charge is -2.23. The lowest BCUT2D eigenvalue weighted by molar-refractivity contribution is -0.121. The SMILES string of the molecule is Cc1nc2cc([C@H]3CCCN3Cc3ccccc3O)nn2c(C)c1CCC(=O)NC1CC1. The number of amides is 1. The largest absolute Gasteiger partial charge is 0.508 e. The van der Waals surface area contributed by atoms with E-state index in [1.54, 1.807) is 6.07 Å². The average molecular weight is 434 g/mol. The number of rotatable bonds is 7. The number of carbonyl (C=O) groups excluding carboxylic acids is 1. The molecule has 0 spiro atoms. The Morgan fingerprint density at radius 3 is 2.81 bits per heavy atom. The molecule has 0 bridgehead atoms. The monoisotopic (exact) mass is 433 g/mol. The zero-order chi connectivity index (χ0) is 22.2. The van der Waals surface area contributed by atoms with Gasteiger partial charge in [0.2, 0.25) is 5.91 Å². The highest BCUT2D eigenvalue weighted by Crippen LogP contribution is 2.34. The first-order chi connectivity index (χ1) is 15.5. The van der Waals surface area contributed by atoms with E-state index >= 15 is 0 Å². The van der Waals surface area contributed by atoms with Gasteiger partial charge in [-0.2, -0.15) is 5.10 Å². The Kier molecular flexibility index (Phi) is 5.59. The molecule has 1 saturated carbocycles. The van der Waals surface area contributed by atoms with Crippen LogP contribution in [0.2, 0.25) is 0 Å². The van der Waals surface area contributed by atoms with Crippen LogP contribution in [-0.2, 0) is 17.8 Å². The number of likely N-dealkylation sites (tertiary alicyclic amines) is 1. The fraction of sp³-hybridized carbons (Fsp3) is 0.480. The third-order valence-corrected chi connectivity index (χ3v) is 6.80. The number of aromatic nitrogens is 3. The molecule has 168 valence electrons. The molecule has 0 unspecified atom stereocenters. The smallest absolute Gasteiger partial charge is 0.220 e. The first-order valence-electron chi connectivity index (χ1n) is 11.7. The number of nitrogens with one attached hydrogen (secondary N) is 1. The van der Waals surface area contributed by atoms with Crippen LogP contribution >= 0.6 is 0 Å². The number of aromatic hydroxyl groups is 1. The number of aryl methyl sites for hydroxylation is 2. The molecule has 1 saturated heterocycles. The molecule has 1 aliphatic carbocycles. The Labute approximate surface area is 188 Å². The van der Waals surface area contributed by atoms with Crippen molar-refractivity contribution in [1.82, 2.24) is 24.8 Å². The van der Waals surface area contributed by atoms with E-state index in [4.69, 9.17) is 10.1 Å². The molecule has 1 atom stereocenters. The van der Waals surface area contributed by atoms with Crippen LogP contribution in [0.4, 0.5) is 0 Å². The summed E-state index contributed by atoms with van der Waals surface area (Å²) < 4.78 is 1.94. The van der Waals surface area contributed by atoms with E-state index in [-0.39, 0.29) is 11.9 Å². The Balaban J connectivity index is 1.37. The molecule has 7 heteroatoms. The highest BCUT2D eigenvalue weighted by Gasteiger charge is 2.29. The van der Waals surface area contributed by atoms with E-state index < -0.39 is 0 Å². The fourth-order valence-electron chi connectivity index (χ4n) is 4.85. The van der Waals surface area contributed by atoms with E-state index in [1.807, 2.05) is 29.6 Å². The van der Waals surface area contributed by atoms with Crippen LogP contribution in [0.3, 0.4) is 0 Å². The van der Waals surface area contributed by atoms with Crippen molar-refractivity contribution in [3.05, 3.63) is 58.5 Å². The lowest BCUT2D eigenvalue weighted by atomic mass is 10.1. The third kappa shape index (κ3) is 4.21. The Morgan fingerprint density at radius 2 is 2.03 bits per heavy atom. The molecule has 3 aromatic rings. The molecular weight excluding hydrogens is 402 g/mol. The van der Waals surface area contributed by atoms with Gasteiger partial charge >= 0.3 is 0 Å². The van der Waals surface area contributed by atoms with Crippen LogP contribution < -0.4 is 5.32 Å². The number of phenols is 1. The van der Waals surface area contributed by atoms with Gasteiger partial charge < -0.3 is 10.4 Å². The van der Waals surface area contributed by atoms with Crippen LogP contribution in [0.15, 0.2) is 30.3 Å². The maximum atomic E-state index is 12.2. The van der Waals surface area contributed by atoms with Crippen molar-refractivity contribution < 1.29 is 9.90 Å². The van der Waals surface area contributed by atoms with Crippen molar-refractivity contribution in [3.8, 4) is 5.75 Å². The summed E-state index contributed by atoms with van der Waals surface area (Å²) in [4.78, 5) is 19.4. The minimum Gasteiger partial charge on any atom is -0.508 e. The summed E-state index contributed by atoms with van der Waals surface area (Å²) >= 11 is 0. The van der Waals surface area contributed by atoms with Crippen molar-refractivity contribution in [3.63, 3.8) is 0 Å². The normalized spacial score (nSPS) is 19.0. The van der Waals surface area contributed by atoms with Crippen LogP contribution in [0, 0.1) is 13.8 Å². The number of phenolic OH excluding ortho intramolecular Hbond substituents is 1. The van der Waals surface area contributed by atoms with Crippen molar-refractivity contribution in [1.29, 1.82) is 0 Å². The topological polar surface area (TPSA) is 82.8 Å². The summed E-state index contributed by atoms with van der Waals surface area (Å²) in [6.45, 7) is 5.78. The first-order valence-corrected chi connectivity index (χ1v) is 11.7. The van der Waals surface area contributed by atoms with Gasteiger partial charge in [0.25, 0.3) is 0 Å². The summed E-state index contributed by atoms with van der Waals surface area (Å²) in [5, 5.41) is 18.2. The van der Waals surface area contributed by atoms with Crippen molar-refractivity contribution in [2.24, 2.45) is 0 Å². The summed E-state index contributed by atoms with van der Waals surface area (Å²) in [6, 6.07) is 10.2. The van der Waals surface area contributed by atoms with Crippen molar-refractivity contribution >= 4 is 11.6 Å². The van der Waals surface area contributed by atoms with Crippen LogP contribution in [0.5, 0.6) is 5.75 Å². The van der Waals surface area contributed by atoms with Gasteiger partial charge in [0.05, 0.1) is 11.7 Å². The van der Waals surface area contributed by atoms with E-state index in [2.05, 4.69) is 23.2 Å². The van der Waals surface area contributed by atoms with Gasteiger partial charge in [-0.3, -0.25) is 9.69 Å². The molecule has 3 heterocycles. The van der Waals surface area contributed by atoms with Gasteiger partial charge in [-0.1, -0.05) is 18.2 Å². The number of hydrogen-bond acceptors (Lipinski definition) is 5. The molecule has 32 heavy (non-hydrogen) atoms. The quantitative estimate of drug-likeness (QED) is 0.595. The molecule has 7 nitrogen and oxygen atoms in total. The fourth-order valence-corrected chi connectivity index (χ4v) is 4.85. The molecule has 2 N–H and O–H groups in total. The van der Waals surface area contributed by atoms with Gasteiger partial charge in [0, 0.05) is 42.0 Å². The second-order valence-electron chi connectivity index (χ2n) is 9.20. The summed E-state index contributed by atoms with van der Waals surface area (Å²) in [5.74, 6) is 0.468. The number of para-hydroxylation sites is 1. The summed E-state index contributed by atoms with van der Waals surface area (Å²) in [5.41, 5.74) is 5.96. The van der Waals surface area contributed by atoms with Crippen LogP contribution in [-0.4, -0.2) is 43.1 Å². The first kappa shape index (κ1) is 20.9. The third-order valence-electron chi connectivity index (χ3n) is 6.80. The number of nitrogens with zero attached hydrogens (tertiary/aromatic N) is 4. The Hall–Kier alpha value is -2.93. The molecular formula is C25H31N5O2. The highest BCUT2D eigenvalue weighted by molar-refractivity contribution is 5.76. The highest BCUT2D eigenvalue weighted by atomic mass is 16.3. The summed E-state index contributed by atoms with van der Waals surface area (Å²) in [6.07, 6.45) is 5.53. The Morgan fingerprint density at radius 1 is 1.22 bits per heavy atom. The minimum absolute atomic E-state index is 0.123. The van der Waals surface area contributed by atoms with Crippen molar-refractivity contribution in [2.45, 2.75) is 71.0 Å². The second kappa shape index (κ2) is 8.54. The van der Waals surface area contributed by atoms with Gasteiger partial charge in [0.1, 0.15) is 5.75 Å². The summed E-state index contributed by atoms with van der Waals surface area (Å²) in [7, 11) is 0. The molecule has 5 rings (SSSR count). The van der Waals surface area contributed by atoms with E-state index in [0.29, 0.717) is 31.2 Å². The average Bonchev–Trinajstić information content (AvgIpc) is 3.28. The molecule has 0 radical (unpaired) electrons. The van der Waals surface area contributed by atoms with E-state index in [0.717, 1.165) is 66.1 Å². The molecule has 1 aliphatic heterocycles. The number of hydrogen-bond donors (Lipinski definition) is 2. The van der Waals surface area contributed by atoms with Crippen molar-refractivity contribution in [2.75, 3.05) is 6.54 Å². The predicted octanol–water partition coefficient (Wildman–Crippen LogP) is 3.60. The molecule has 2 aromatic heterocycles. The number of carbonyl (C=O) groups is 1. The van der Waals surface area contributed by atoms with Gasteiger partial charge in [-0.15, -0.1) is 0 Å². The number of fused-ring (bicyclic) bond motifs is 1. The van der Waals surface area contributed by atoms with Gasteiger partial charge in [0.15, 0.2) is 5.65 Å². The predicted molar refractivity (Wildman–Crippen MR) is 122 cm³/mol. The standard InChI is InChI=1S/C25H31N5O2/c1-16-20(11-12-25(32)27-19-9-10-19)17(2)30-24(26-16)14-21(28-30)22-7-5-13-29(22)15-18-6-3-4-8-23(18)31/h3-4,6,8,14,19,22,31H,5,7,9-13,15H2,1-2H3,(H,27,32)/t22-/m1/s1. The number of benzene rings is 1. The van der Waals surface area contributed by atoms with E-state index in [9.17, 15) is 9.90 Å². The van der Waals surface area contributed by atoms with Gasteiger partial charge in [-0.05, 0) is 64.1 Å². The maximum absolute atomic E-state index is 12.2. The molecule has 1 aromatic carbocycles.